The molecule has 0 radical (unpaired) electrons. The molecule has 20 heteroatoms. The van der Waals surface area contributed by atoms with Gasteiger partial charge in [0.25, 0.3) is 0 Å². The van der Waals surface area contributed by atoms with Crippen LogP contribution in [-0.4, -0.2) is 114 Å². The van der Waals surface area contributed by atoms with Crippen LogP contribution in [0.3, 0.4) is 0 Å². The highest BCUT2D eigenvalue weighted by molar-refractivity contribution is 7.23. The van der Waals surface area contributed by atoms with Crippen LogP contribution in [0, 0.1) is 0 Å². The number of benzene rings is 2. The van der Waals surface area contributed by atoms with E-state index in [0.717, 1.165) is 87.0 Å². The highest BCUT2D eigenvalue weighted by atomic mass is 32.1. The summed E-state index contributed by atoms with van der Waals surface area (Å²) in [6, 6.07) is 15.9. The van der Waals surface area contributed by atoms with Crippen LogP contribution in [0.5, 0.6) is 0 Å². The van der Waals surface area contributed by atoms with Crippen LogP contribution in [0.15, 0.2) is 61.2 Å². The summed E-state index contributed by atoms with van der Waals surface area (Å²) in [6.07, 6.45) is 5.54. The first-order chi connectivity index (χ1) is 37.2. The van der Waals surface area contributed by atoms with Crippen molar-refractivity contribution in [3.05, 3.63) is 82.1 Å². The van der Waals surface area contributed by atoms with Gasteiger partial charge in [-0.1, -0.05) is 58.5 Å². The van der Waals surface area contributed by atoms with Crippen molar-refractivity contribution in [2.24, 2.45) is 5.73 Å². The van der Waals surface area contributed by atoms with Crippen molar-refractivity contribution in [1.82, 2.24) is 25.1 Å². The molecular formula is C58H80N8O8S4. The minimum absolute atomic E-state index is 0.00187. The van der Waals surface area contributed by atoms with Crippen molar-refractivity contribution in [3.63, 3.8) is 0 Å². The molecule has 6 heterocycles. The van der Waals surface area contributed by atoms with Crippen molar-refractivity contribution < 1.29 is 38.1 Å². The van der Waals surface area contributed by atoms with Crippen molar-refractivity contribution in [2.45, 2.75) is 150 Å². The second-order valence-electron chi connectivity index (χ2n) is 20.9. The molecule has 6 aromatic rings. The molecule has 0 spiro atoms. The predicted molar refractivity (Wildman–Crippen MR) is 321 cm³/mol. The van der Waals surface area contributed by atoms with Crippen molar-refractivity contribution in [1.29, 1.82) is 0 Å². The molecule has 4 aromatic heterocycles. The van der Waals surface area contributed by atoms with Crippen molar-refractivity contribution >= 4 is 99.8 Å². The molecule has 4 amide bonds. The molecule has 0 bridgehead atoms. The first kappa shape index (κ1) is 61.9. The second-order valence-corrected chi connectivity index (χ2v) is 25.1. The Kier molecular flexibility index (Phi) is 22.4. The molecular weight excluding hydrogens is 1060 g/mol. The standard InChI is InChI=1S/C29H40N4O4S2.C26H31N3O3S2.C3H9NO/c1-7-18-17-19-24(26-31-20-11-9-10-12-22(20)38-26)27(32-23(34)13-14-30-15-16-36-6)39-25(19)21(8-2)33(18)28(35)37-29(3,4)5;1-7-15-14-16-21(23-27-17-12-10-11-13-19(17)33-23)24(28-20(30)9-3)34-22(16)18(8-2)29(15)25(31)32-26(4,5)6;1-5-3-2-4/h9-12,18,21,30H,7-8,13-17H2,1-6H3,(H,32,34);9-13,15,18H,3,7-8,14H2,1-2,4-6H3,(H,28,30);2-4H2,1H3. The minimum Gasteiger partial charge on any atom is -0.444 e. The zero-order chi connectivity index (χ0) is 56.9. The third kappa shape index (κ3) is 15.3. The van der Waals surface area contributed by atoms with E-state index in [1.54, 1.807) is 48.2 Å². The van der Waals surface area contributed by atoms with Crippen LogP contribution in [0.4, 0.5) is 19.6 Å². The number of nitrogens with two attached hydrogens (primary N) is 1. The number of rotatable bonds is 17. The van der Waals surface area contributed by atoms with Gasteiger partial charge in [0.15, 0.2) is 0 Å². The molecule has 0 saturated heterocycles. The average molecular weight is 1150 g/mol. The topological polar surface area (TPSA) is 200 Å². The lowest BCUT2D eigenvalue weighted by Crippen LogP contribution is -2.48. The number of thiophene rings is 2. The normalized spacial score (nSPS) is 17.0. The molecule has 4 atom stereocenters. The van der Waals surface area contributed by atoms with E-state index in [1.165, 1.54) is 28.5 Å². The Morgan fingerprint density at radius 3 is 1.49 bits per heavy atom. The van der Waals surface area contributed by atoms with Crippen LogP contribution in [-0.2, 0) is 41.4 Å². The van der Waals surface area contributed by atoms with Gasteiger partial charge in [-0.05, 0) is 122 Å². The SMILES string of the molecule is C=CC(=O)Nc1sc2c(c1-c1nc3ccccc3s1)CC(CC)N(C(=O)OC(C)(C)C)C2CC.CCC1Cc2c(sc(NC(=O)CCNCCOC)c2-c2nc3ccccc3s2)C(CC)N1C(=O)OC(C)(C)C.COCCN. The minimum atomic E-state index is -0.577. The zero-order valence-corrected chi connectivity index (χ0v) is 50.7. The van der Waals surface area contributed by atoms with Gasteiger partial charge in [-0.2, -0.15) is 0 Å². The van der Waals surface area contributed by atoms with Crippen molar-refractivity contribution in [3.8, 4) is 21.1 Å². The lowest BCUT2D eigenvalue weighted by molar-refractivity contribution is -0.116. The maximum Gasteiger partial charge on any atom is 0.411 e. The van der Waals surface area contributed by atoms with Gasteiger partial charge >= 0.3 is 12.2 Å². The third-order valence-corrected chi connectivity index (χ3v) is 17.6. The largest absolute Gasteiger partial charge is 0.444 e. The van der Waals surface area contributed by atoms with Gasteiger partial charge < -0.3 is 40.6 Å². The molecule has 5 N–H and O–H groups in total. The number of anilines is 2. The number of thiazole rings is 2. The van der Waals surface area contributed by atoms with Crippen molar-refractivity contribution in [2.75, 3.05) is 57.7 Å². The Labute approximate surface area is 476 Å². The number of carbonyl (C=O) groups excluding carboxylic acids is 4. The van der Waals surface area contributed by atoms with E-state index < -0.39 is 11.2 Å². The Balaban J connectivity index is 0.000000234. The number of para-hydroxylation sites is 2. The maximum atomic E-state index is 13.4. The van der Waals surface area contributed by atoms with E-state index in [4.69, 9.17) is 29.9 Å². The molecule has 2 aliphatic heterocycles. The third-order valence-electron chi connectivity index (χ3n) is 13.0. The monoisotopic (exact) mass is 1140 g/mol. The number of carbonyl (C=O) groups is 4. The zero-order valence-electron chi connectivity index (χ0n) is 47.5. The van der Waals surface area contributed by atoms with Crippen LogP contribution in [0.25, 0.3) is 41.6 Å². The summed E-state index contributed by atoms with van der Waals surface area (Å²) in [5.41, 5.74) is 10.1. The summed E-state index contributed by atoms with van der Waals surface area (Å²) in [5, 5.41) is 12.8. The van der Waals surface area contributed by atoms with Gasteiger partial charge in [-0.15, -0.1) is 45.3 Å². The summed E-state index contributed by atoms with van der Waals surface area (Å²) < 4.78 is 23.5. The fraction of sp³-hybridized carbons (Fsp3) is 0.517. The highest BCUT2D eigenvalue weighted by Gasteiger charge is 2.44. The highest BCUT2D eigenvalue weighted by Crippen LogP contribution is 2.53. The first-order valence-corrected chi connectivity index (χ1v) is 30.2. The van der Waals surface area contributed by atoms with Gasteiger partial charge in [-0.25, -0.2) is 19.6 Å². The van der Waals surface area contributed by atoms with Gasteiger partial charge in [0.05, 0.1) is 45.7 Å². The van der Waals surface area contributed by atoms with Gasteiger partial charge in [-0.3, -0.25) is 19.4 Å². The van der Waals surface area contributed by atoms with E-state index in [-0.39, 0.29) is 48.2 Å². The lowest BCUT2D eigenvalue weighted by Gasteiger charge is -2.42. The number of aromatic nitrogens is 2. The Bertz CT molecular complexity index is 2920. The van der Waals surface area contributed by atoms with E-state index in [2.05, 4.69) is 67.1 Å². The average Bonchev–Trinajstić information content (AvgIpc) is 4.31. The number of hydrogen-bond donors (Lipinski definition) is 4. The molecule has 8 rings (SSSR count). The van der Waals surface area contributed by atoms with Crippen LogP contribution in [0.2, 0.25) is 0 Å². The smallest absolute Gasteiger partial charge is 0.411 e. The Morgan fingerprint density at radius 1 is 0.667 bits per heavy atom. The fourth-order valence-electron chi connectivity index (χ4n) is 9.52. The molecule has 0 saturated carbocycles. The maximum absolute atomic E-state index is 13.4. The number of nitrogens with zero attached hydrogens (tertiary/aromatic N) is 4. The molecule has 2 aliphatic rings. The Morgan fingerprint density at radius 2 is 1.12 bits per heavy atom. The molecule has 4 unspecified atom stereocenters. The number of ether oxygens (including phenoxy) is 4. The van der Waals surface area contributed by atoms with Crippen LogP contribution < -0.4 is 21.7 Å². The molecule has 2 aromatic carbocycles. The quantitative estimate of drug-likeness (QED) is 0.0498. The lowest BCUT2D eigenvalue weighted by atomic mass is 9.90. The summed E-state index contributed by atoms with van der Waals surface area (Å²) in [7, 11) is 3.29. The molecule has 0 aliphatic carbocycles. The predicted octanol–water partition coefficient (Wildman–Crippen LogP) is 13.4. The molecule has 424 valence electrons. The van der Waals surface area contributed by atoms with E-state index >= 15 is 0 Å². The van der Waals surface area contributed by atoms with E-state index in [0.29, 0.717) is 52.1 Å². The summed E-state index contributed by atoms with van der Waals surface area (Å²) in [4.78, 5) is 68.0. The summed E-state index contributed by atoms with van der Waals surface area (Å²) >= 11 is 6.37. The Hall–Kier alpha value is -5.32. The number of nitrogens with one attached hydrogen (secondary N) is 3. The van der Waals surface area contributed by atoms with Gasteiger partial charge in [0.1, 0.15) is 31.2 Å². The second kappa shape index (κ2) is 28.2. The first-order valence-electron chi connectivity index (χ1n) is 26.9. The van der Waals surface area contributed by atoms with E-state index in [1.807, 2.05) is 87.7 Å². The van der Waals surface area contributed by atoms with E-state index in [9.17, 15) is 19.2 Å². The number of fused-ring (bicyclic) bond motifs is 4. The van der Waals surface area contributed by atoms with Crippen LogP contribution >= 0.6 is 45.3 Å². The summed E-state index contributed by atoms with van der Waals surface area (Å²) in [6.45, 7) is 26.5. The molecule has 0 fully saturated rings. The molecule has 78 heavy (non-hydrogen) atoms. The molecule has 16 nitrogen and oxygen atoms in total. The van der Waals surface area contributed by atoms with Gasteiger partial charge in [0.2, 0.25) is 11.8 Å². The number of amides is 4. The van der Waals surface area contributed by atoms with Gasteiger partial charge in [0, 0.05) is 73.2 Å². The van der Waals surface area contributed by atoms with Crippen LogP contribution in [0.1, 0.15) is 134 Å². The summed E-state index contributed by atoms with van der Waals surface area (Å²) in [5.74, 6) is -0.310. The number of hydrogen-bond acceptors (Lipinski definition) is 16. The fourth-order valence-corrected chi connectivity index (χ4v) is 14.6. The number of methoxy groups -OCH3 is 2.